The van der Waals surface area contributed by atoms with Crippen molar-refractivity contribution in [2.75, 3.05) is 39.6 Å². The highest BCUT2D eigenvalue weighted by molar-refractivity contribution is 5.90. The molecule has 0 bridgehead atoms. The molecule has 3 rings (SSSR count). The van der Waals surface area contributed by atoms with Gasteiger partial charge in [-0.25, -0.2) is 4.79 Å². The van der Waals surface area contributed by atoms with E-state index in [1.807, 2.05) is 12.1 Å². The summed E-state index contributed by atoms with van der Waals surface area (Å²) in [6.07, 6.45) is 1.95. The highest BCUT2D eigenvalue weighted by atomic mass is 16.5. The van der Waals surface area contributed by atoms with E-state index in [-0.39, 0.29) is 16.8 Å². The Kier molecular flexibility index (Phi) is 5.68. The van der Waals surface area contributed by atoms with Crippen LogP contribution < -0.4 is 0 Å². The third kappa shape index (κ3) is 3.94. The maximum absolute atomic E-state index is 12.4. The molecule has 2 saturated heterocycles. The minimum Gasteiger partial charge on any atom is -0.493 e. The Morgan fingerprint density at radius 1 is 1.00 bits per heavy atom. The first-order valence-corrected chi connectivity index (χ1v) is 9.26. The molecule has 0 atom stereocenters. The lowest BCUT2D eigenvalue weighted by Gasteiger charge is -2.40. The Balaban J connectivity index is 1.56. The molecule has 5 heteroatoms. The molecule has 2 fully saturated rings. The molecule has 142 valence electrons. The van der Waals surface area contributed by atoms with Gasteiger partial charge in [-0.2, -0.15) is 0 Å². The molecule has 2 aliphatic heterocycles. The summed E-state index contributed by atoms with van der Waals surface area (Å²) in [5, 5.41) is 0. The fourth-order valence-corrected chi connectivity index (χ4v) is 3.01. The van der Waals surface area contributed by atoms with Gasteiger partial charge in [-0.05, 0) is 25.0 Å². The molecule has 1 aromatic rings. The smallest absolute Gasteiger partial charge is 0.338 e. The first kappa shape index (κ1) is 18.9. The van der Waals surface area contributed by atoms with Gasteiger partial charge in [0, 0.05) is 5.56 Å². The van der Waals surface area contributed by atoms with E-state index >= 15 is 0 Å². The van der Waals surface area contributed by atoms with Gasteiger partial charge in [-0.15, -0.1) is 0 Å². The number of carbonyl (C=O) groups is 1. The maximum atomic E-state index is 12.4. The second kappa shape index (κ2) is 7.80. The summed E-state index contributed by atoms with van der Waals surface area (Å²) in [4.78, 5) is 12.4. The largest absolute Gasteiger partial charge is 0.493 e. The molecule has 0 amide bonds. The summed E-state index contributed by atoms with van der Waals surface area (Å²) in [7, 11) is 0. The van der Waals surface area contributed by atoms with Crippen LogP contribution in [0.5, 0.6) is 0 Å². The van der Waals surface area contributed by atoms with Gasteiger partial charge in [0.2, 0.25) is 0 Å². The van der Waals surface area contributed by atoms with Gasteiger partial charge in [-0.1, -0.05) is 32.6 Å². The Labute approximate surface area is 155 Å². The first-order chi connectivity index (χ1) is 12.5. The zero-order chi connectivity index (χ0) is 18.6. The van der Waals surface area contributed by atoms with Crippen LogP contribution in [0.4, 0.5) is 0 Å². The monoisotopic (exact) mass is 360 g/mol. The fourth-order valence-electron chi connectivity index (χ4n) is 3.01. The van der Waals surface area contributed by atoms with E-state index in [9.17, 15) is 4.79 Å². The fraction of sp³-hybridized carbons (Fsp3) is 0.571. The van der Waals surface area contributed by atoms with Crippen LogP contribution in [0.3, 0.4) is 0 Å². The van der Waals surface area contributed by atoms with Crippen LogP contribution in [0.1, 0.15) is 42.6 Å². The van der Waals surface area contributed by atoms with Crippen LogP contribution in [-0.2, 0) is 18.9 Å². The third-order valence-electron chi connectivity index (χ3n) is 5.62. The molecule has 1 aromatic carbocycles. The number of carbonyl (C=O) groups excluding carboxylic acids is 1. The average molecular weight is 360 g/mol. The molecule has 2 heterocycles. The molecular formula is C21H28O5. The van der Waals surface area contributed by atoms with Gasteiger partial charge < -0.3 is 18.9 Å². The van der Waals surface area contributed by atoms with Crippen LogP contribution in [-0.4, -0.2) is 45.6 Å². The lowest BCUT2D eigenvalue weighted by atomic mass is 9.84. The number of hydrogen-bond donors (Lipinski definition) is 0. The third-order valence-corrected chi connectivity index (χ3v) is 5.62. The predicted octanol–water partition coefficient (Wildman–Crippen LogP) is 3.68. The van der Waals surface area contributed by atoms with E-state index < -0.39 is 0 Å². The van der Waals surface area contributed by atoms with Crippen molar-refractivity contribution in [3.05, 3.63) is 42.0 Å². The molecule has 0 unspecified atom stereocenters. The van der Waals surface area contributed by atoms with Crippen LogP contribution in [0.2, 0.25) is 0 Å². The minimum absolute atomic E-state index is 0.0146. The maximum Gasteiger partial charge on any atom is 0.338 e. The van der Waals surface area contributed by atoms with E-state index in [2.05, 4.69) is 20.4 Å². The van der Waals surface area contributed by atoms with E-state index in [0.29, 0.717) is 37.8 Å². The molecule has 0 radical (unpaired) electrons. The molecule has 5 nitrogen and oxygen atoms in total. The van der Waals surface area contributed by atoms with Crippen molar-refractivity contribution < 1.29 is 23.7 Å². The van der Waals surface area contributed by atoms with Crippen molar-refractivity contribution in [1.82, 2.24) is 0 Å². The van der Waals surface area contributed by atoms with E-state index in [1.54, 1.807) is 12.1 Å². The van der Waals surface area contributed by atoms with Gasteiger partial charge in [0.25, 0.3) is 0 Å². The molecule has 0 aliphatic carbocycles. The van der Waals surface area contributed by atoms with E-state index in [1.165, 1.54) is 0 Å². The summed E-state index contributed by atoms with van der Waals surface area (Å²) in [5.74, 6) is 0.244. The van der Waals surface area contributed by atoms with Gasteiger partial charge in [-0.3, -0.25) is 0 Å². The van der Waals surface area contributed by atoms with Crippen LogP contribution in [0, 0.1) is 10.8 Å². The topological polar surface area (TPSA) is 54.0 Å². The molecule has 2 aliphatic rings. The summed E-state index contributed by atoms with van der Waals surface area (Å²) in [6.45, 7) is 12.0. The van der Waals surface area contributed by atoms with Crippen LogP contribution in [0.15, 0.2) is 30.8 Å². The van der Waals surface area contributed by atoms with Crippen molar-refractivity contribution in [2.24, 2.45) is 10.8 Å². The number of esters is 1. The van der Waals surface area contributed by atoms with Crippen LogP contribution >= 0.6 is 0 Å². The summed E-state index contributed by atoms with van der Waals surface area (Å²) >= 11 is 0. The first-order valence-electron chi connectivity index (χ1n) is 9.26. The van der Waals surface area contributed by atoms with Crippen molar-refractivity contribution in [3.63, 3.8) is 0 Å². The Hall–Kier alpha value is -1.85. The molecule has 0 N–H and O–H groups in total. The number of benzene rings is 1. The Morgan fingerprint density at radius 2 is 1.54 bits per heavy atom. The van der Waals surface area contributed by atoms with E-state index in [0.717, 1.165) is 31.6 Å². The summed E-state index contributed by atoms with van der Waals surface area (Å²) in [5.41, 5.74) is 1.39. The number of rotatable bonds is 9. The van der Waals surface area contributed by atoms with Gasteiger partial charge >= 0.3 is 5.97 Å². The molecule has 0 spiro atoms. The predicted molar refractivity (Wildman–Crippen MR) is 98.8 cm³/mol. The van der Waals surface area contributed by atoms with Crippen molar-refractivity contribution in [2.45, 2.75) is 26.7 Å². The SMILES string of the molecule is C=C(OCC1(CC)COC1)c1cccc(C(=O)OCC2(CC)COC2)c1. The number of hydrogen-bond acceptors (Lipinski definition) is 5. The van der Waals surface area contributed by atoms with Crippen molar-refractivity contribution in [3.8, 4) is 0 Å². The quantitative estimate of drug-likeness (QED) is 0.497. The number of ether oxygens (including phenoxy) is 4. The molecular weight excluding hydrogens is 332 g/mol. The zero-order valence-electron chi connectivity index (χ0n) is 15.7. The highest BCUT2D eigenvalue weighted by Gasteiger charge is 2.39. The standard InChI is InChI=1S/C21H28O5/c1-4-20(10-23-11-20)14-25-16(3)17-7-6-8-18(9-17)19(22)26-15-21(5-2)12-24-13-21/h6-9H,3-5,10-15H2,1-2H3. The van der Waals surface area contributed by atoms with Crippen LogP contribution in [0.25, 0.3) is 5.76 Å². The molecule has 26 heavy (non-hydrogen) atoms. The van der Waals surface area contributed by atoms with E-state index in [4.69, 9.17) is 18.9 Å². The van der Waals surface area contributed by atoms with Gasteiger partial charge in [0.1, 0.15) is 12.4 Å². The average Bonchev–Trinajstić information content (AvgIpc) is 2.60. The second-order valence-corrected chi connectivity index (χ2v) is 7.56. The lowest BCUT2D eigenvalue weighted by Crippen LogP contribution is -2.46. The summed E-state index contributed by atoms with van der Waals surface area (Å²) in [6, 6.07) is 7.24. The van der Waals surface area contributed by atoms with Crippen molar-refractivity contribution >= 4 is 11.7 Å². The highest BCUT2D eigenvalue weighted by Crippen LogP contribution is 2.33. The molecule has 0 aromatic heterocycles. The second-order valence-electron chi connectivity index (χ2n) is 7.56. The Bertz CT molecular complexity index is 594. The minimum atomic E-state index is -0.322. The Morgan fingerprint density at radius 3 is 2.04 bits per heavy atom. The summed E-state index contributed by atoms with van der Waals surface area (Å²) < 4.78 is 22.0. The van der Waals surface area contributed by atoms with Gasteiger partial charge in [0.05, 0.1) is 49.4 Å². The van der Waals surface area contributed by atoms with Crippen molar-refractivity contribution in [1.29, 1.82) is 0 Å². The normalized spacial score (nSPS) is 19.8. The zero-order valence-corrected chi connectivity index (χ0v) is 15.7. The van der Waals surface area contributed by atoms with Gasteiger partial charge in [0.15, 0.2) is 0 Å². The molecule has 0 saturated carbocycles. The lowest BCUT2D eigenvalue weighted by molar-refractivity contribution is -0.140.